The SMILES string of the molecule is CCC(CC)(NC(=O)c1cc(-c2ccc(Cl)c(Cl)c2)c(OCC2CC2)cn1)C(=O)O. The molecule has 0 unspecified atom stereocenters. The standard InChI is InChI=1S/C22H24Cl2N2O4/c1-3-22(4-2,21(28)29)26-20(27)18-10-15(14-7-8-16(23)17(24)9-14)19(11-25-18)30-12-13-5-6-13/h7-11,13H,3-6,12H2,1-2H3,(H,26,27)(H,28,29). The number of hydrogen-bond donors (Lipinski definition) is 2. The highest BCUT2D eigenvalue weighted by molar-refractivity contribution is 6.42. The van der Waals surface area contributed by atoms with Crippen molar-refractivity contribution >= 4 is 35.1 Å². The summed E-state index contributed by atoms with van der Waals surface area (Å²) in [6, 6.07) is 6.75. The van der Waals surface area contributed by atoms with E-state index in [9.17, 15) is 14.7 Å². The maximum absolute atomic E-state index is 12.8. The molecule has 8 heteroatoms. The Hall–Kier alpha value is -2.31. The number of carbonyl (C=O) groups excluding carboxylic acids is 1. The van der Waals surface area contributed by atoms with Crippen molar-refractivity contribution in [3.63, 3.8) is 0 Å². The number of carboxylic acid groups (broad SMARTS) is 1. The molecule has 0 aliphatic heterocycles. The summed E-state index contributed by atoms with van der Waals surface area (Å²) in [5.74, 6) is -0.557. The maximum Gasteiger partial charge on any atom is 0.329 e. The Morgan fingerprint density at radius 2 is 1.90 bits per heavy atom. The summed E-state index contributed by atoms with van der Waals surface area (Å²) in [6.45, 7) is 4.03. The Bertz CT molecular complexity index is 956. The van der Waals surface area contributed by atoms with Crippen LogP contribution in [0, 0.1) is 5.92 Å². The first-order valence-corrected chi connectivity index (χ1v) is 10.7. The van der Waals surface area contributed by atoms with Gasteiger partial charge < -0.3 is 15.2 Å². The van der Waals surface area contributed by atoms with E-state index in [0.717, 1.165) is 18.4 Å². The molecule has 0 atom stereocenters. The van der Waals surface area contributed by atoms with E-state index in [0.29, 0.717) is 33.9 Å². The molecule has 2 N–H and O–H groups in total. The lowest BCUT2D eigenvalue weighted by molar-refractivity contribution is -0.144. The van der Waals surface area contributed by atoms with Crippen molar-refractivity contribution in [1.29, 1.82) is 0 Å². The van der Waals surface area contributed by atoms with E-state index < -0.39 is 17.4 Å². The molecule has 1 aliphatic rings. The summed E-state index contributed by atoms with van der Waals surface area (Å²) in [7, 11) is 0. The maximum atomic E-state index is 12.8. The minimum absolute atomic E-state index is 0.0994. The number of aromatic nitrogens is 1. The third-order valence-electron chi connectivity index (χ3n) is 5.47. The summed E-state index contributed by atoms with van der Waals surface area (Å²) in [5.41, 5.74) is 0.122. The molecule has 6 nitrogen and oxygen atoms in total. The van der Waals surface area contributed by atoms with Crippen LogP contribution in [0.3, 0.4) is 0 Å². The molecule has 1 heterocycles. The van der Waals surface area contributed by atoms with Crippen LogP contribution in [0.2, 0.25) is 10.0 Å². The lowest BCUT2D eigenvalue weighted by Gasteiger charge is -2.28. The molecule has 0 saturated heterocycles. The number of ether oxygens (including phenoxy) is 1. The second-order valence-corrected chi connectivity index (χ2v) is 8.31. The van der Waals surface area contributed by atoms with Gasteiger partial charge in [-0.15, -0.1) is 0 Å². The van der Waals surface area contributed by atoms with Crippen LogP contribution in [-0.4, -0.2) is 34.1 Å². The first kappa shape index (κ1) is 22.4. The number of carboxylic acids is 1. The van der Waals surface area contributed by atoms with Crippen LogP contribution in [0.25, 0.3) is 11.1 Å². The molecular weight excluding hydrogens is 427 g/mol. The molecule has 160 valence electrons. The van der Waals surface area contributed by atoms with E-state index in [2.05, 4.69) is 10.3 Å². The van der Waals surface area contributed by atoms with Gasteiger partial charge in [-0.1, -0.05) is 43.1 Å². The molecule has 0 bridgehead atoms. The van der Waals surface area contributed by atoms with Crippen LogP contribution < -0.4 is 10.1 Å². The number of benzene rings is 1. The molecule has 1 aliphatic carbocycles. The molecular formula is C22H24Cl2N2O4. The fourth-order valence-electron chi connectivity index (χ4n) is 3.13. The average Bonchev–Trinajstić information content (AvgIpc) is 3.56. The van der Waals surface area contributed by atoms with Crippen LogP contribution in [0.15, 0.2) is 30.5 Å². The van der Waals surface area contributed by atoms with Gasteiger partial charge in [0, 0.05) is 5.56 Å². The Balaban J connectivity index is 1.96. The molecule has 30 heavy (non-hydrogen) atoms. The quantitative estimate of drug-likeness (QED) is 0.546. The van der Waals surface area contributed by atoms with Crippen molar-refractivity contribution in [2.24, 2.45) is 5.92 Å². The van der Waals surface area contributed by atoms with Crippen molar-refractivity contribution in [1.82, 2.24) is 10.3 Å². The van der Waals surface area contributed by atoms with E-state index in [1.54, 1.807) is 38.1 Å². The van der Waals surface area contributed by atoms with Gasteiger partial charge in [0.1, 0.15) is 17.0 Å². The highest BCUT2D eigenvalue weighted by Gasteiger charge is 2.37. The van der Waals surface area contributed by atoms with Gasteiger partial charge in [0.05, 0.1) is 22.8 Å². The van der Waals surface area contributed by atoms with Crippen molar-refractivity contribution < 1.29 is 19.4 Å². The van der Waals surface area contributed by atoms with Gasteiger partial charge in [-0.05, 0) is 55.4 Å². The highest BCUT2D eigenvalue weighted by atomic mass is 35.5. The highest BCUT2D eigenvalue weighted by Crippen LogP contribution is 2.36. The minimum Gasteiger partial charge on any atom is -0.491 e. The van der Waals surface area contributed by atoms with Gasteiger partial charge >= 0.3 is 5.97 Å². The number of nitrogens with one attached hydrogen (secondary N) is 1. The van der Waals surface area contributed by atoms with Crippen LogP contribution in [0.1, 0.15) is 50.0 Å². The largest absolute Gasteiger partial charge is 0.491 e. The fraction of sp³-hybridized carbons (Fsp3) is 0.409. The predicted octanol–water partition coefficient (Wildman–Crippen LogP) is 5.22. The van der Waals surface area contributed by atoms with Gasteiger partial charge in [0.15, 0.2) is 0 Å². The van der Waals surface area contributed by atoms with Gasteiger partial charge in [-0.25, -0.2) is 9.78 Å². The number of aliphatic carboxylic acids is 1. The lowest BCUT2D eigenvalue weighted by Crippen LogP contribution is -2.53. The first-order chi connectivity index (χ1) is 14.3. The molecule has 0 radical (unpaired) electrons. The number of hydrogen-bond acceptors (Lipinski definition) is 4. The smallest absolute Gasteiger partial charge is 0.329 e. The van der Waals surface area contributed by atoms with E-state index in [1.165, 1.54) is 6.20 Å². The Kier molecular flexibility index (Phi) is 6.88. The minimum atomic E-state index is -1.34. The second-order valence-electron chi connectivity index (χ2n) is 7.50. The molecule has 1 fully saturated rings. The van der Waals surface area contributed by atoms with Crippen LogP contribution >= 0.6 is 23.2 Å². The Morgan fingerprint density at radius 3 is 2.47 bits per heavy atom. The van der Waals surface area contributed by atoms with Crippen LogP contribution in [0.4, 0.5) is 0 Å². The van der Waals surface area contributed by atoms with Gasteiger partial charge in [0.25, 0.3) is 5.91 Å². The van der Waals surface area contributed by atoms with Crippen LogP contribution in [-0.2, 0) is 4.79 Å². The van der Waals surface area contributed by atoms with E-state index >= 15 is 0 Å². The Morgan fingerprint density at radius 1 is 1.20 bits per heavy atom. The lowest BCUT2D eigenvalue weighted by atomic mass is 9.92. The zero-order valence-corrected chi connectivity index (χ0v) is 18.4. The number of amides is 1. The molecule has 0 spiro atoms. The number of rotatable bonds is 9. The third kappa shape index (κ3) is 4.87. The van der Waals surface area contributed by atoms with Gasteiger partial charge in [-0.3, -0.25) is 4.79 Å². The monoisotopic (exact) mass is 450 g/mol. The summed E-state index contributed by atoms with van der Waals surface area (Å²) < 4.78 is 5.94. The Labute approximate surface area is 185 Å². The fourth-order valence-corrected chi connectivity index (χ4v) is 3.43. The molecule has 1 amide bonds. The molecule has 1 saturated carbocycles. The molecule has 3 rings (SSSR count). The molecule has 2 aromatic rings. The van der Waals surface area contributed by atoms with Gasteiger partial charge in [0.2, 0.25) is 0 Å². The van der Waals surface area contributed by atoms with Crippen molar-refractivity contribution in [2.45, 2.75) is 45.1 Å². The zero-order valence-electron chi connectivity index (χ0n) is 16.9. The van der Waals surface area contributed by atoms with Crippen LogP contribution in [0.5, 0.6) is 5.75 Å². The third-order valence-corrected chi connectivity index (χ3v) is 6.21. The van der Waals surface area contributed by atoms with Crippen molar-refractivity contribution in [3.05, 3.63) is 46.2 Å². The normalized spacial score (nSPS) is 13.7. The number of carbonyl (C=O) groups is 2. The summed E-state index contributed by atoms with van der Waals surface area (Å²) in [4.78, 5) is 28.8. The topological polar surface area (TPSA) is 88.5 Å². The number of nitrogens with zero attached hydrogens (tertiary/aromatic N) is 1. The predicted molar refractivity (Wildman–Crippen MR) is 116 cm³/mol. The number of pyridine rings is 1. The first-order valence-electron chi connectivity index (χ1n) is 9.93. The molecule has 1 aromatic heterocycles. The summed E-state index contributed by atoms with van der Waals surface area (Å²) in [6.07, 6.45) is 4.29. The van der Waals surface area contributed by atoms with Gasteiger partial charge in [-0.2, -0.15) is 0 Å². The van der Waals surface area contributed by atoms with Crippen molar-refractivity contribution in [3.8, 4) is 16.9 Å². The second kappa shape index (κ2) is 9.23. The van der Waals surface area contributed by atoms with Crippen molar-refractivity contribution in [2.75, 3.05) is 6.61 Å². The molecule has 1 aromatic carbocycles. The average molecular weight is 451 g/mol. The zero-order chi connectivity index (χ0) is 21.9. The summed E-state index contributed by atoms with van der Waals surface area (Å²) in [5, 5.41) is 13.0. The van der Waals surface area contributed by atoms with E-state index in [1.807, 2.05) is 0 Å². The van der Waals surface area contributed by atoms with E-state index in [-0.39, 0.29) is 18.5 Å². The van der Waals surface area contributed by atoms with E-state index in [4.69, 9.17) is 27.9 Å². The summed E-state index contributed by atoms with van der Waals surface area (Å²) >= 11 is 12.2. The number of halogens is 2.